The third-order valence-corrected chi connectivity index (χ3v) is 5.18. The van der Waals surface area contributed by atoms with Crippen molar-refractivity contribution in [2.24, 2.45) is 5.73 Å². The van der Waals surface area contributed by atoms with Gasteiger partial charge in [0.2, 0.25) is 0 Å². The second kappa shape index (κ2) is 7.12. The van der Waals surface area contributed by atoms with Crippen LogP contribution >= 0.6 is 46.1 Å². The maximum atomic E-state index is 6.29. The first-order valence-electron chi connectivity index (χ1n) is 6.11. The summed E-state index contributed by atoms with van der Waals surface area (Å²) in [6.45, 7) is 1.23. The summed E-state index contributed by atoms with van der Waals surface area (Å²) in [5.41, 5.74) is 6.87. The minimum absolute atomic E-state index is 0.0158. The highest BCUT2D eigenvalue weighted by Gasteiger charge is 2.20. The van der Waals surface area contributed by atoms with Gasteiger partial charge in [0.1, 0.15) is 0 Å². The molecule has 0 amide bonds. The van der Waals surface area contributed by atoms with Crippen molar-refractivity contribution in [2.45, 2.75) is 12.6 Å². The molecule has 2 aromatic rings. The minimum Gasteiger partial charge on any atom is -0.329 e. The van der Waals surface area contributed by atoms with Gasteiger partial charge in [0, 0.05) is 24.0 Å². The van der Waals surface area contributed by atoms with Crippen LogP contribution in [-0.4, -0.2) is 18.5 Å². The Hall–Kier alpha value is -0.290. The minimum atomic E-state index is 0.0158. The largest absolute Gasteiger partial charge is 0.329 e. The molecule has 1 atom stereocenters. The Kier molecular flexibility index (Phi) is 5.73. The molecular formula is C14H15Cl3N2S. The molecule has 0 radical (unpaired) electrons. The molecule has 1 heterocycles. The smallest absolute Gasteiger partial charge is 0.0931 e. The first-order valence-corrected chi connectivity index (χ1v) is 8.06. The Bertz CT molecular complexity index is 586. The van der Waals surface area contributed by atoms with Crippen molar-refractivity contribution in [1.29, 1.82) is 0 Å². The van der Waals surface area contributed by atoms with Crippen LogP contribution in [0.2, 0.25) is 14.4 Å². The van der Waals surface area contributed by atoms with Crippen molar-refractivity contribution in [1.82, 2.24) is 4.90 Å². The number of likely N-dealkylation sites (N-methyl/N-ethyl adjacent to an activating group) is 1. The number of rotatable bonds is 5. The van der Waals surface area contributed by atoms with Gasteiger partial charge >= 0.3 is 0 Å². The van der Waals surface area contributed by atoms with E-state index in [1.54, 1.807) is 17.4 Å². The maximum Gasteiger partial charge on any atom is 0.0931 e. The van der Waals surface area contributed by atoms with Crippen LogP contribution in [0.1, 0.15) is 16.5 Å². The van der Waals surface area contributed by atoms with Crippen molar-refractivity contribution in [2.75, 3.05) is 13.6 Å². The van der Waals surface area contributed by atoms with Crippen molar-refractivity contribution in [3.8, 4) is 0 Å². The van der Waals surface area contributed by atoms with Gasteiger partial charge in [-0.05, 0) is 30.8 Å². The molecule has 0 spiro atoms. The van der Waals surface area contributed by atoms with Crippen LogP contribution in [-0.2, 0) is 6.54 Å². The third-order valence-electron chi connectivity index (χ3n) is 3.13. The number of halogens is 3. The fourth-order valence-corrected chi connectivity index (χ4v) is 3.70. The first-order chi connectivity index (χ1) is 9.52. The molecule has 2 N–H and O–H groups in total. The summed E-state index contributed by atoms with van der Waals surface area (Å²) in [5.74, 6) is 0. The molecule has 1 aromatic heterocycles. The SMILES string of the molecule is CN(Cc1ccc(Cl)s1)C(CN)c1cccc(Cl)c1Cl. The zero-order valence-electron chi connectivity index (χ0n) is 10.9. The second-order valence-electron chi connectivity index (χ2n) is 4.52. The van der Waals surface area contributed by atoms with Crippen molar-refractivity contribution in [3.05, 3.63) is 55.2 Å². The van der Waals surface area contributed by atoms with Crippen molar-refractivity contribution < 1.29 is 0 Å². The summed E-state index contributed by atoms with van der Waals surface area (Å²) < 4.78 is 0.790. The van der Waals surface area contributed by atoms with Crippen LogP contribution < -0.4 is 5.73 Å². The molecule has 0 aliphatic heterocycles. The van der Waals surface area contributed by atoms with Gasteiger partial charge in [-0.25, -0.2) is 0 Å². The standard InChI is InChI=1S/C14H15Cl3N2S/c1-19(8-9-5-6-13(16)20-9)12(7-18)10-3-2-4-11(15)14(10)17/h2-6,12H,7-8,18H2,1H3. The van der Waals surface area contributed by atoms with E-state index in [1.165, 1.54) is 4.88 Å². The first kappa shape index (κ1) is 16.1. The number of hydrogen-bond donors (Lipinski definition) is 1. The zero-order chi connectivity index (χ0) is 14.7. The van der Waals surface area contributed by atoms with E-state index in [1.807, 2.05) is 31.3 Å². The lowest BCUT2D eigenvalue weighted by Gasteiger charge is -2.27. The fourth-order valence-electron chi connectivity index (χ4n) is 2.11. The van der Waals surface area contributed by atoms with E-state index in [-0.39, 0.29) is 6.04 Å². The molecule has 6 heteroatoms. The molecule has 1 aromatic carbocycles. The van der Waals surface area contributed by atoms with Gasteiger partial charge in [0.25, 0.3) is 0 Å². The van der Waals surface area contributed by atoms with E-state index in [2.05, 4.69) is 4.90 Å². The van der Waals surface area contributed by atoms with Gasteiger partial charge in [0.15, 0.2) is 0 Å². The highest BCUT2D eigenvalue weighted by atomic mass is 35.5. The maximum absolute atomic E-state index is 6.29. The summed E-state index contributed by atoms with van der Waals surface area (Å²) in [4.78, 5) is 3.34. The Morgan fingerprint density at radius 3 is 2.55 bits per heavy atom. The van der Waals surface area contributed by atoms with Gasteiger partial charge in [-0.3, -0.25) is 4.90 Å². The third kappa shape index (κ3) is 3.67. The Labute approximate surface area is 138 Å². The summed E-state index contributed by atoms with van der Waals surface area (Å²) in [6.07, 6.45) is 0. The molecule has 2 rings (SSSR count). The molecule has 0 aliphatic rings. The van der Waals surface area contributed by atoms with E-state index < -0.39 is 0 Å². The zero-order valence-corrected chi connectivity index (χ0v) is 14.0. The van der Waals surface area contributed by atoms with Gasteiger partial charge in [0.05, 0.1) is 14.4 Å². The highest BCUT2D eigenvalue weighted by Crippen LogP contribution is 2.33. The summed E-state index contributed by atoms with van der Waals surface area (Å²) in [6, 6.07) is 9.57. The van der Waals surface area contributed by atoms with Crippen LogP contribution in [0, 0.1) is 0 Å². The Morgan fingerprint density at radius 2 is 1.95 bits per heavy atom. The summed E-state index contributed by atoms with van der Waals surface area (Å²) >= 11 is 19.9. The van der Waals surface area contributed by atoms with Gasteiger partial charge in [-0.15, -0.1) is 11.3 Å². The predicted molar refractivity (Wildman–Crippen MR) is 89.1 cm³/mol. The van der Waals surface area contributed by atoms with Gasteiger partial charge in [-0.1, -0.05) is 46.9 Å². The lowest BCUT2D eigenvalue weighted by Crippen LogP contribution is -2.30. The van der Waals surface area contributed by atoms with Crippen LogP contribution in [0.15, 0.2) is 30.3 Å². The molecule has 0 saturated carbocycles. The van der Waals surface area contributed by atoms with Gasteiger partial charge in [-0.2, -0.15) is 0 Å². The quantitative estimate of drug-likeness (QED) is 0.837. The predicted octanol–water partition coefficient (Wildman–Crippen LogP) is 4.84. The van der Waals surface area contributed by atoms with E-state index in [0.29, 0.717) is 16.6 Å². The molecule has 0 aliphatic carbocycles. The van der Waals surface area contributed by atoms with Gasteiger partial charge < -0.3 is 5.73 Å². The molecule has 2 nitrogen and oxygen atoms in total. The van der Waals surface area contributed by atoms with Crippen LogP contribution in [0.3, 0.4) is 0 Å². The average Bonchev–Trinajstić information content (AvgIpc) is 2.81. The molecule has 20 heavy (non-hydrogen) atoms. The molecule has 0 saturated heterocycles. The normalized spacial score (nSPS) is 12.9. The topological polar surface area (TPSA) is 29.3 Å². The summed E-state index contributed by atoms with van der Waals surface area (Å²) in [5, 5.41) is 1.12. The van der Waals surface area contributed by atoms with E-state index in [0.717, 1.165) is 16.4 Å². The molecule has 0 bridgehead atoms. The molecule has 0 fully saturated rings. The monoisotopic (exact) mass is 348 g/mol. The van der Waals surface area contributed by atoms with E-state index in [9.17, 15) is 0 Å². The van der Waals surface area contributed by atoms with E-state index in [4.69, 9.17) is 40.5 Å². The van der Waals surface area contributed by atoms with Crippen molar-refractivity contribution in [3.63, 3.8) is 0 Å². The lowest BCUT2D eigenvalue weighted by molar-refractivity contribution is 0.244. The lowest BCUT2D eigenvalue weighted by atomic mass is 10.1. The number of hydrogen-bond acceptors (Lipinski definition) is 3. The highest BCUT2D eigenvalue weighted by molar-refractivity contribution is 7.16. The molecular weight excluding hydrogens is 335 g/mol. The van der Waals surface area contributed by atoms with Crippen molar-refractivity contribution >= 4 is 46.1 Å². The van der Waals surface area contributed by atoms with Crippen LogP contribution in [0.25, 0.3) is 0 Å². The number of thiophene rings is 1. The average molecular weight is 350 g/mol. The number of nitrogens with zero attached hydrogens (tertiary/aromatic N) is 1. The Balaban J connectivity index is 2.20. The number of benzene rings is 1. The number of nitrogens with two attached hydrogens (primary N) is 1. The fraction of sp³-hybridized carbons (Fsp3) is 0.286. The van der Waals surface area contributed by atoms with E-state index >= 15 is 0 Å². The summed E-state index contributed by atoms with van der Waals surface area (Å²) in [7, 11) is 2.02. The van der Waals surface area contributed by atoms with Crippen LogP contribution in [0.5, 0.6) is 0 Å². The van der Waals surface area contributed by atoms with Crippen LogP contribution in [0.4, 0.5) is 0 Å². The molecule has 108 valence electrons. The Morgan fingerprint density at radius 1 is 1.20 bits per heavy atom. The second-order valence-corrected chi connectivity index (χ2v) is 7.10. The molecule has 1 unspecified atom stereocenters.